The number of nitrogens with one attached hydrogen (secondary N) is 1. The summed E-state index contributed by atoms with van der Waals surface area (Å²) in [5.41, 5.74) is 8.30. The number of carbonyl (C=O) groups excluding carboxylic acids is 1. The molecule has 0 bridgehead atoms. The summed E-state index contributed by atoms with van der Waals surface area (Å²) in [7, 11) is 0. The quantitative estimate of drug-likeness (QED) is 0.650. The molecule has 3 N–H and O–H groups in total. The van der Waals surface area contributed by atoms with Crippen molar-refractivity contribution >= 4 is 41.8 Å². The summed E-state index contributed by atoms with van der Waals surface area (Å²) < 4.78 is 15.2. The van der Waals surface area contributed by atoms with E-state index in [0.29, 0.717) is 6.54 Å². The molecule has 0 radical (unpaired) electrons. The van der Waals surface area contributed by atoms with Gasteiger partial charge in [-0.2, -0.15) is 0 Å². The molecule has 1 aromatic heterocycles. The van der Waals surface area contributed by atoms with Crippen LogP contribution in [0.15, 0.2) is 54.9 Å². The minimum Gasteiger partial charge on any atom is -0.347 e. The van der Waals surface area contributed by atoms with Gasteiger partial charge in [-0.15, -0.1) is 24.8 Å². The first-order chi connectivity index (χ1) is 12.1. The van der Waals surface area contributed by atoms with Crippen LogP contribution in [0.25, 0.3) is 11.0 Å². The molecule has 8 heteroatoms. The van der Waals surface area contributed by atoms with Crippen molar-refractivity contribution in [2.75, 3.05) is 6.54 Å². The van der Waals surface area contributed by atoms with Crippen molar-refractivity contribution in [2.45, 2.75) is 19.5 Å². The molecular weight excluding hydrogens is 390 g/mol. The number of para-hydroxylation sites is 2. The third kappa shape index (κ3) is 5.42. The number of benzene rings is 2. The summed E-state index contributed by atoms with van der Waals surface area (Å²) in [6, 6.07) is 13.7. The smallest absolute Gasteiger partial charge is 0.224 e. The Kier molecular flexibility index (Phi) is 8.69. The summed E-state index contributed by atoms with van der Waals surface area (Å²) in [5, 5.41) is 3.02. The standard InChI is InChI=1S/C19H21FN4O.2ClH/c1-13(10-21)19(25)23-17(14-6-8-15(20)9-7-14)11-24-12-22-16-4-2-3-5-18(16)24;;/h2-9,12-13,17H,10-11,21H2,1H3,(H,23,25);2*1H. The largest absolute Gasteiger partial charge is 0.347 e. The first kappa shape index (κ1) is 22.9. The van der Waals surface area contributed by atoms with Crippen molar-refractivity contribution in [2.24, 2.45) is 11.7 Å². The van der Waals surface area contributed by atoms with Crippen LogP contribution in [0.3, 0.4) is 0 Å². The molecule has 5 nitrogen and oxygen atoms in total. The fraction of sp³-hybridized carbons (Fsp3) is 0.263. The maximum Gasteiger partial charge on any atom is 0.224 e. The van der Waals surface area contributed by atoms with E-state index in [2.05, 4.69) is 10.3 Å². The van der Waals surface area contributed by atoms with Crippen LogP contribution in [-0.4, -0.2) is 22.0 Å². The molecule has 0 fully saturated rings. The second-order valence-corrected chi connectivity index (χ2v) is 6.14. The monoisotopic (exact) mass is 412 g/mol. The van der Waals surface area contributed by atoms with Crippen molar-refractivity contribution in [1.82, 2.24) is 14.9 Å². The van der Waals surface area contributed by atoms with Gasteiger partial charge in [0.25, 0.3) is 0 Å². The van der Waals surface area contributed by atoms with E-state index in [4.69, 9.17) is 5.73 Å². The van der Waals surface area contributed by atoms with Crippen molar-refractivity contribution in [3.8, 4) is 0 Å². The number of aromatic nitrogens is 2. The normalized spacial score (nSPS) is 12.6. The number of nitrogens with zero attached hydrogens (tertiary/aromatic N) is 2. The molecule has 3 aromatic rings. The van der Waals surface area contributed by atoms with Crippen molar-refractivity contribution in [1.29, 1.82) is 0 Å². The van der Waals surface area contributed by atoms with Crippen LogP contribution in [0, 0.1) is 11.7 Å². The lowest BCUT2D eigenvalue weighted by atomic mass is 10.0. The second kappa shape index (κ2) is 10.3. The molecule has 0 saturated carbocycles. The maximum atomic E-state index is 13.3. The molecule has 146 valence electrons. The van der Waals surface area contributed by atoms with Crippen LogP contribution >= 0.6 is 24.8 Å². The van der Waals surface area contributed by atoms with E-state index >= 15 is 0 Å². The number of rotatable bonds is 6. The molecule has 2 aromatic carbocycles. The molecule has 0 aliphatic carbocycles. The Hall–Kier alpha value is -2.15. The first-order valence-corrected chi connectivity index (χ1v) is 8.24. The van der Waals surface area contributed by atoms with Gasteiger partial charge in [-0.3, -0.25) is 4.79 Å². The van der Waals surface area contributed by atoms with Gasteiger partial charge in [0.05, 0.1) is 23.4 Å². The number of nitrogens with two attached hydrogens (primary N) is 1. The average molecular weight is 413 g/mol. The van der Waals surface area contributed by atoms with Crippen molar-refractivity contribution in [3.63, 3.8) is 0 Å². The Morgan fingerprint density at radius 2 is 1.85 bits per heavy atom. The zero-order valence-electron chi connectivity index (χ0n) is 14.8. The maximum absolute atomic E-state index is 13.3. The summed E-state index contributed by atoms with van der Waals surface area (Å²) in [5.74, 6) is -0.721. The van der Waals surface area contributed by atoms with E-state index in [1.165, 1.54) is 12.1 Å². The first-order valence-electron chi connectivity index (χ1n) is 8.24. The summed E-state index contributed by atoms with van der Waals surface area (Å²) in [6.45, 7) is 2.55. The topological polar surface area (TPSA) is 72.9 Å². The van der Waals surface area contributed by atoms with E-state index in [0.717, 1.165) is 16.6 Å². The highest BCUT2D eigenvalue weighted by Crippen LogP contribution is 2.20. The Morgan fingerprint density at radius 1 is 1.19 bits per heavy atom. The van der Waals surface area contributed by atoms with Crippen LogP contribution in [0.2, 0.25) is 0 Å². The van der Waals surface area contributed by atoms with Gasteiger partial charge >= 0.3 is 0 Å². The average Bonchev–Trinajstić information content (AvgIpc) is 3.04. The third-order valence-corrected chi connectivity index (χ3v) is 4.30. The molecule has 1 amide bonds. The number of fused-ring (bicyclic) bond motifs is 1. The predicted molar refractivity (Wildman–Crippen MR) is 110 cm³/mol. The van der Waals surface area contributed by atoms with Crippen LogP contribution in [0.1, 0.15) is 18.5 Å². The number of imidazole rings is 1. The molecule has 27 heavy (non-hydrogen) atoms. The number of amides is 1. The van der Waals surface area contributed by atoms with E-state index in [-0.39, 0.29) is 55.0 Å². The highest BCUT2D eigenvalue weighted by Gasteiger charge is 2.19. The lowest BCUT2D eigenvalue weighted by Crippen LogP contribution is -2.37. The highest BCUT2D eigenvalue weighted by molar-refractivity contribution is 5.85. The van der Waals surface area contributed by atoms with Crippen molar-refractivity contribution < 1.29 is 9.18 Å². The molecule has 2 atom stereocenters. The molecule has 2 unspecified atom stereocenters. The Balaban J connectivity index is 0.00000182. The summed E-state index contributed by atoms with van der Waals surface area (Å²) >= 11 is 0. The van der Waals surface area contributed by atoms with Crippen LogP contribution < -0.4 is 11.1 Å². The summed E-state index contributed by atoms with van der Waals surface area (Å²) in [4.78, 5) is 16.7. The molecule has 1 heterocycles. The second-order valence-electron chi connectivity index (χ2n) is 6.14. The minimum absolute atomic E-state index is 0. The van der Waals surface area contributed by atoms with Crippen LogP contribution in [0.5, 0.6) is 0 Å². The molecule has 3 rings (SSSR count). The fourth-order valence-corrected chi connectivity index (χ4v) is 2.70. The lowest BCUT2D eigenvalue weighted by molar-refractivity contribution is -0.125. The molecular formula is C19H23Cl2FN4O. The van der Waals surface area contributed by atoms with Gasteiger partial charge < -0.3 is 15.6 Å². The highest BCUT2D eigenvalue weighted by atomic mass is 35.5. The van der Waals surface area contributed by atoms with E-state index in [9.17, 15) is 9.18 Å². The zero-order chi connectivity index (χ0) is 17.8. The van der Waals surface area contributed by atoms with Gasteiger partial charge in [-0.25, -0.2) is 9.37 Å². The van der Waals surface area contributed by atoms with Crippen LogP contribution in [0.4, 0.5) is 4.39 Å². The molecule has 0 spiro atoms. The van der Waals surface area contributed by atoms with Gasteiger partial charge in [0.1, 0.15) is 5.82 Å². The number of carbonyl (C=O) groups is 1. The fourth-order valence-electron chi connectivity index (χ4n) is 2.70. The Bertz CT molecular complexity index is 870. The third-order valence-electron chi connectivity index (χ3n) is 4.30. The van der Waals surface area contributed by atoms with Gasteiger partial charge in [-0.05, 0) is 29.8 Å². The lowest BCUT2D eigenvalue weighted by Gasteiger charge is -2.22. The van der Waals surface area contributed by atoms with E-state index in [1.54, 1.807) is 25.4 Å². The minimum atomic E-state index is -0.308. The van der Waals surface area contributed by atoms with Gasteiger partial charge in [0, 0.05) is 19.0 Å². The predicted octanol–water partition coefficient (Wildman–Crippen LogP) is 3.47. The van der Waals surface area contributed by atoms with Gasteiger partial charge in [0.2, 0.25) is 5.91 Å². The molecule has 0 aliphatic heterocycles. The molecule has 0 saturated heterocycles. The van der Waals surface area contributed by atoms with E-state index < -0.39 is 0 Å². The zero-order valence-corrected chi connectivity index (χ0v) is 16.5. The summed E-state index contributed by atoms with van der Waals surface area (Å²) in [6.07, 6.45) is 1.75. The number of hydrogen-bond donors (Lipinski definition) is 2. The van der Waals surface area contributed by atoms with Crippen molar-refractivity contribution in [3.05, 3.63) is 66.2 Å². The molecule has 0 aliphatic rings. The van der Waals surface area contributed by atoms with Crippen LogP contribution in [-0.2, 0) is 11.3 Å². The number of hydrogen-bond acceptors (Lipinski definition) is 3. The Labute approximate surface area is 170 Å². The van der Waals surface area contributed by atoms with E-state index in [1.807, 2.05) is 28.8 Å². The number of halogens is 3. The SMILES string of the molecule is CC(CN)C(=O)NC(Cn1cnc2ccccc21)c1ccc(F)cc1.Cl.Cl. The van der Waals surface area contributed by atoms with Gasteiger partial charge in [0.15, 0.2) is 0 Å². The Morgan fingerprint density at radius 3 is 2.52 bits per heavy atom. The van der Waals surface area contributed by atoms with Gasteiger partial charge in [-0.1, -0.05) is 31.2 Å².